The summed E-state index contributed by atoms with van der Waals surface area (Å²) in [6, 6.07) is 7.35. The lowest BCUT2D eigenvalue weighted by Gasteiger charge is -2.19. The van der Waals surface area contributed by atoms with Crippen LogP contribution in [0.2, 0.25) is 5.02 Å². The van der Waals surface area contributed by atoms with Crippen molar-refractivity contribution in [3.05, 3.63) is 35.2 Å². The van der Waals surface area contributed by atoms with Crippen molar-refractivity contribution in [2.75, 3.05) is 6.54 Å². The molecule has 0 aliphatic rings. The molecule has 0 aliphatic heterocycles. The van der Waals surface area contributed by atoms with E-state index in [4.69, 9.17) is 16.0 Å². The SMILES string of the molecule is CC(C)(C)NCCc1nnc(-c2ccc(Cl)cc2)o1. The molecule has 1 aromatic carbocycles. The summed E-state index contributed by atoms with van der Waals surface area (Å²) in [7, 11) is 0. The lowest BCUT2D eigenvalue weighted by atomic mass is 10.1. The van der Waals surface area contributed by atoms with Gasteiger partial charge in [0.1, 0.15) is 0 Å². The number of hydrogen-bond acceptors (Lipinski definition) is 4. The molecule has 0 saturated carbocycles. The van der Waals surface area contributed by atoms with Crippen molar-refractivity contribution in [3.8, 4) is 11.5 Å². The standard InChI is InChI=1S/C14H18ClN3O/c1-14(2,3)16-9-8-12-17-18-13(19-12)10-4-6-11(15)7-5-10/h4-7,16H,8-9H2,1-3H3. The molecule has 0 unspecified atom stereocenters. The Morgan fingerprint density at radius 3 is 2.47 bits per heavy atom. The van der Waals surface area contributed by atoms with Gasteiger partial charge in [-0.05, 0) is 45.0 Å². The molecule has 1 N–H and O–H groups in total. The summed E-state index contributed by atoms with van der Waals surface area (Å²) in [6.07, 6.45) is 0.720. The van der Waals surface area contributed by atoms with E-state index >= 15 is 0 Å². The zero-order valence-corrected chi connectivity index (χ0v) is 12.2. The van der Waals surface area contributed by atoms with E-state index in [1.165, 1.54) is 0 Å². The minimum atomic E-state index is 0.0963. The van der Waals surface area contributed by atoms with Gasteiger partial charge in [-0.1, -0.05) is 11.6 Å². The first-order valence-corrected chi connectivity index (χ1v) is 6.65. The van der Waals surface area contributed by atoms with Gasteiger partial charge in [0.05, 0.1) is 0 Å². The van der Waals surface area contributed by atoms with E-state index in [2.05, 4.69) is 36.3 Å². The molecule has 5 heteroatoms. The number of nitrogens with zero attached hydrogens (tertiary/aromatic N) is 2. The van der Waals surface area contributed by atoms with Gasteiger partial charge in [-0.3, -0.25) is 0 Å². The zero-order valence-electron chi connectivity index (χ0n) is 11.4. The Morgan fingerprint density at radius 1 is 1.16 bits per heavy atom. The van der Waals surface area contributed by atoms with Crippen molar-refractivity contribution in [1.82, 2.24) is 15.5 Å². The number of benzene rings is 1. The Hall–Kier alpha value is -1.39. The Labute approximate surface area is 118 Å². The highest BCUT2D eigenvalue weighted by Crippen LogP contribution is 2.20. The maximum Gasteiger partial charge on any atom is 0.247 e. The van der Waals surface area contributed by atoms with Crippen molar-refractivity contribution >= 4 is 11.6 Å². The molecule has 0 fully saturated rings. The van der Waals surface area contributed by atoms with Gasteiger partial charge in [0.25, 0.3) is 0 Å². The topological polar surface area (TPSA) is 51.0 Å². The van der Waals surface area contributed by atoms with Crippen molar-refractivity contribution in [2.45, 2.75) is 32.7 Å². The fourth-order valence-electron chi connectivity index (χ4n) is 1.61. The summed E-state index contributed by atoms with van der Waals surface area (Å²) in [5.41, 5.74) is 0.978. The third-order valence-electron chi connectivity index (χ3n) is 2.55. The van der Waals surface area contributed by atoms with Crippen LogP contribution in [0.1, 0.15) is 26.7 Å². The van der Waals surface area contributed by atoms with Crippen LogP contribution in [-0.4, -0.2) is 22.3 Å². The summed E-state index contributed by atoms with van der Waals surface area (Å²) in [5.74, 6) is 1.17. The third-order valence-corrected chi connectivity index (χ3v) is 2.80. The number of aromatic nitrogens is 2. The number of halogens is 1. The first kappa shape index (κ1) is 14.0. The van der Waals surface area contributed by atoms with E-state index in [1.54, 1.807) is 0 Å². The van der Waals surface area contributed by atoms with Gasteiger partial charge in [0.2, 0.25) is 11.8 Å². The van der Waals surface area contributed by atoms with Crippen LogP contribution in [0.25, 0.3) is 11.5 Å². The molecule has 2 aromatic rings. The third kappa shape index (κ3) is 4.33. The van der Waals surface area contributed by atoms with Crippen LogP contribution in [-0.2, 0) is 6.42 Å². The quantitative estimate of drug-likeness (QED) is 0.933. The van der Waals surface area contributed by atoms with Gasteiger partial charge >= 0.3 is 0 Å². The molecule has 2 rings (SSSR count). The molecule has 102 valence electrons. The summed E-state index contributed by atoms with van der Waals surface area (Å²) in [4.78, 5) is 0. The summed E-state index contributed by atoms with van der Waals surface area (Å²) >= 11 is 5.84. The number of rotatable bonds is 4. The normalized spacial score (nSPS) is 11.8. The van der Waals surface area contributed by atoms with Gasteiger partial charge in [-0.15, -0.1) is 10.2 Å². The Balaban J connectivity index is 1.97. The van der Waals surface area contributed by atoms with E-state index in [-0.39, 0.29) is 5.54 Å². The van der Waals surface area contributed by atoms with Gasteiger partial charge in [0.15, 0.2) is 0 Å². The van der Waals surface area contributed by atoms with Crippen molar-refractivity contribution in [1.29, 1.82) is 0 Å². The smallest absolute Gasteiger partial charge is 0.247 e. The summed E-state index contributed by atoms with van der Waals surface area (Å²) in [5, 5.41) is 12.2. The second-order valence-electron chi connectivity index (χ2n) is 5.43. The largest absolute Gasteiger partial charge is 0.421 e. The van der Waals surface area contributed by atoms with Crippen LogP contribution < -0.4 is 5.32 Å². The molecule has 0 amide bonds. The minimum Gasteiger partial charge on any atom is -0.421 e. The second-order valence-corrected chi connectivity index (χ2v) is 5.87. The number of nitrogens with one attached hydrogen (secondary N) is 1. The first-order valence-electron chi connectivity index (χ1n) is 6.27. The highest BCUT2D eigenvalue weighted by Gasteiger charge is 2.11. The molecule has 0 spiro atoms. The van der Waals surface area contributed by atoms with E-state index in [1.807, 2.05) is 24.3 Å². The van der Waals surface area contributed by atoms with Crippen molar-refractivity contribution in [2.24, 2.45) is 0 Å². The number of hydrogen-bond donors (Lipinski definition) is 1. The average molecular weight is 280 g/mol. The van der Waals surface area contributed by atoms with Gasteiger partial charge in [-0.25, -0.2) is 0 Å². The van der Waals surface area contributed by atoms with Crippen LogP contribution in [0, 0.1) is 0 Å². The Bertz CT molecular complexity index is 528. The summed E-state index contributed by atoms with van der Waals surface area (Å²) < 4.78 is 5.62. The first-order chi connectivity index (χ1) is 8.94. The monoisotopic (exact) mass is 279 g/mol. The minimum absolute atomic E-state index is 0.0963. The van der Waals surface area contributed by atoms with E-state index in [0.717, 1.165) is 18.5 Å². The molecule has 0 atom stereocenters. The Morgan fingerprint density at radius 2 is 1.84 bits per heavy atom. The molecule has 4 nitrogen and oxygen atoms in total. The van der Waals surface area contributed by atoms with Crippen LogP contribution in [0.5, 0.6) is 0 Å². The zero-order chi connectivity index (χ0) is 13.9. The molecule has 0 aliphatic carbocycles. The predicted molar refractivity (Wildman–Crippen MR) is 76.2 cm³/mol. The fourth-order valence-corrected chi connectivity index (χ4v) is 1.73. The highest BCUT2D eigenvalue weighted by molar-refractivity contribution is 6.30. The molecule has 0 radical (unpaired) electrons. The van der Waals surface area contributed by atoms with Gasteiger partial charge in [0, 0.05) is 29.1 Å². The van der Waals surface area contributed by atoms with Gasteiger partial charge in [-0.2, -0.15) is 0 Å². The second kappa shape index (κ2) is 5.72. The van der Waals surface area contributed by atoms with Crippen molar-refractivity contribution < 1.29 is 4.42 Å². The molecular weight excluding hydrogens is 262 g/mol. The molecular formula is C14H18ClN3O. The van der Waals surface area contributed by atoms with Gasteiger partial charge < -0.3 is 9.73 Å². The van der Waals surface area contributed by atoms with E-state index in [0.29, 0.717) is 16.8 Å². The van der Waals surface area contributed by atoms with Crippen LogP contribution >= 0.6 is 11.6 Å². The van der Waals surface area contributed by atoms with E-state index in [9.17, 15) is 0 Å². The average Bonchev–Trinajstić information content (AvgIpc) is 2.77. The predicted octanol–water partition coefficient (Wildman–Crippen LogP) is 3.32. The molecule has 1 heterocycles. The van der Waals surface area contributed by atoms with Crippen LogP contribution in [0.3, 0.4) is 0 Å². The fraction of sp³-hybridized carbons (Fsp3) is 0.429. The van der Waals surface area contributed by atoms with E-state index < -0.39 is 0 Å². The molecule has 0 saturated heterocycles. The van der Waals surface area contributed by atoms with Crippen LogP contribution in [0.15, 0.2) is 28.7 Å². The maximum atomic E-state index is 5.84. The van der Waals surface area contributed by atoms with Crippen molar-refractivity contribution in [3.63, 3.8) is 0 Å². The summed E-state index contributed by atoms with van der Waals surface area (Å²) in [6.45, 7) is 7.19. The highest BCUT2D eigenvalue weighted by atomic mass is 35.5. The maximum absolute atomic E-state index is 5.84. The van der Waals surface area contributed by atoms with Crippen LogP contribution in [0.4, 0.5) is 0 Å². The Kier molecular flexibility index (Phi) is 4.22. The molecule has 1 aromatic heterocycles. The molecule has 0 bridgehead atoms. The molecule has 19 heavy (non-hydrogen) atoms. The lowest BCUT2D eigenvalue weighted by molar-refractivity contribution is 0.412. The lowest BCUT2D eigenvalue weighted by Crippen LogP contribution is -2.37.